The first-order valence-electron chi connectivity index (χ1n) is 6.92. The lowest BCUT2D eigenvalue weighted by molar-refractivity contribution is -0.139. The molecule has 21 heavy (non-hydrogen) atoms. The van der Waals surface area contributed by atoms with Crippen molar-refractivity contribution in [2.75, 3.05) is 33.2 Å². The van der Waals surface area contributed by atoms with E-state index in [-0.39, 0.29) is 6.03 Å². The Balaban J connectivity index is 2.03. The lowest BCUT2D eigenvalue weighted by atomic mass is 10.1. The molecule has 8 nitrogen and oxygen atoms in total. The standard InChI is InChI=1S/C13H21N5O3/c1-16-4-3-5-18(7-6-16)13(21)15-11(12(19)20)10-8-14-17(2)9-10/h8-9,11H,3-7H2,1-2H3,(H,15,21)(H,19,20). The molecular weight excluding hydrogens is 274 g/mol. The van der Waals surface area contributed by atoms with Crippen LogP contribution >= 0.6 is 0 Å². The molecule has 1 unspecified atom stereocenters. The maximum Gasteiger partial charge on any atom is 0.331 e. The van der Waals surface area contributed by atoms with Crippen molar-refractivity contribution in [1.82, 2.24) is 24.9 Å². The van der Waals surface area contributed by atoms with Crippen LogP contribution in [-0.2, 0) is 11.8 Å². The van der Waals surface area contributed by atoms with Crippen molar-refractivity contribution in [2.45, 2.75) is 12.5 Å². The van der Waals surface area contributed by atoms with Crippen LogP contribution in [0.3, 0.4) is 0 Å². The Hall–Kier alpha value is -2.09. The molecule has 2 amide bonds. The molecule has 2 heterocycles. The van der Waals surface area contributed by atoms with Gasteiger partial charge >= 0.3 is 12.0 Å². The predicted molar refractivity (Wildman–Crippen MR) is 75.8 cm³/mol. The molecule has 1 aliphatic heterocycles. The van der Waals surface area contributed by atoms with E-state index >= 15 is 0 Å². The van der Waals surface area contributed by atoms with Crippen molar-refractivity contribution in [3.05, 3.63) is 18.0 Å². The van der Waals surface area contributed by atoms with E-state index in [1.54, 1.807) is 18.1 Å². The normalized spacial score (nSPS) is 18.1. The number of carbonyl (C=O) groups is 2. The van der Waals surface area contributed by atoms with Gasteiger partial charge in [0.25, 0.3) is 0 Å². The second kappa shape index (κ2) is 6.57. The zero-order chi connectivity index (χ0) is 15.4. The van der Waals surface area contributed by atoms with Crippen LogP contribution in [0.25, 0.3) is 0 Å². The maximum absolute atomic E-state index is 12.3. The van der Waals surface area contributed by atoms with Crippen LogP contribution in [0.15, 0.2) is 12.4 Å². The maximum atomic E-state index is 12.3. The van der Waals surface area contributed by atoms with E-state index in [0.29, 0.717) is 18.7 Å². The number of aryl methyl sites for hydroxylation is 1. The number of likely N-dealkylation sites (N-methyl/N-ethyl adjacent to an activating group) is 1. The molecule has 116 valence electrons. The summed E-state index contributed by atoms with van der Waals surface area (Å²) in [6.45, 7) is 2.96. The predicted octanol–water partition coefficient (Wildman–Crippen LogP) is -0.107. The monoisotopic (exact) mass is 295 g/mol. The summed E-state index contributed by atoms with van der Waals surface area (Å²) >= 11 is 0. The second-order valence-corrected chi connectivity index (χ2v) is 5.31. The number of hydrogen-bond donors (Lipinski definition) is 2. The van der Waals surface area contributed by atoms with Crippen molar-refractivity contribution in [2.24, 2.45) is 7.05 Å². The number of nitrogens with one attached hydrogen (secondary N) is 1. The summed E-state index contributed by atoms with van der Waals surface area (Å²) in [4.78, 5) is 27.4. The van der Waals surface area contributed by atoms with Crippen LogP contribution in [0.1, 0.15) is 18.0 Å². The zero-order valence-electron chi connectivity index (χ0n) is 12.3. The Morgan fingerprint density at radius 1 is 1.29 bits per heavy atom. The molecular formula is C13H21N5O3. The number of aliphatic carboxylic acids is 1. The van der Waals surface area contributed by atoms with Gasteiger partial charge in [-0.1, -0.05) is 0 Å². The first kappa shape index (κ1) is 15.3. The fourth-order valence-corrected chi connectivity index (χ4v) is 2.34. The molecule has 1 aromatic rings. The van der Waals surface area contributed by atoms with Gasteiger partial charge in [-0.05, 0) is 20.0 Å². The fourth-order valence-electron chi connectivity index (χ4n) is 2.34. The first-order chi connectivity index (χ1) is 9.97. The van der Waals surface area contributed by atoms with Crippen LogP contribution in [0, 0.1) is 0 Å². The minimum Gasteiger partial charge on any atom is -0.479 e. The van der Waals surface area contributed by atoms with E-state index in [1.807, 2.05) is 7.05 Å². The summed E-state index contributed by atoms with van der Waals surface area (Å²) in [6, 6.07) is -1.42. The topological polar surface area (TPSA) is 90.7 Å². The van der Waals surface area contributed by atoms with Gasteiger partial charge < -0.3 is 20.2 Å². The molecule has 0 spiro atoms. The summed E-state index contributed by atoms with van der Waals surface area (Å²) in [7, 11) is 3.71. The third-order valence-electron chi connectivity index (χ3n) is 3.58. The molecule has 8 heteroatoms. The number of rotatable bonds is 3. The van der Waals surface area contributed by atoms with Gasteiger partial charge in [0.15, 0.2) is 6.04 Å². The van der Waals surface area contributed by atoms with E-state index in [2.05, 4.69) is 15.3 Å². The molecule has 1 aliphatic rings. The minimum absolute atomic E-state index is 0.346. The number of nitrogens with zero attached hydrogens (tertiary/aromatic N) is 4. The number of urea groups is 1. The number of hydrogen-bond acceptors (Lipinski definition) is 4. The number of amides is 2. The smallest absolute Gasteiger partial charge is 0.331 e. The highest BCUT2D eigenvalue weighted by atomic mass is 16.4. The molecule has 0 aliphatic carbocycles. The van der Waals surface area contributed by atoms with E-state index in [1.165, 1.54) is 10.9 Å². The molecule has 1 saturated heterocycles. The van der Waals surface area contributed by atoms with Gasteiger partial charge in [-0.2, -0.15) is 5.10 Å². The lowest BCUT2D eigenvalue weighted by Crippen LogP contribution is -2.45. The zero-order valence-corrected chi connectivity index (χ0v) is 12.3. The summed E-state index contributed by atoms with van der Waals surface area (Å²) in [6.07, 6.45) is 3.93. The molecule has 0 radical (unpaired) electrons. The van der Waals surface area contributed by atoms with E-state index < -0.39 is 12.0 Å². The van der Waals surface area contributed by atoms with Crippen LogP contribution in [-0.4, -0.2) is 69.9 Å². The SMILES string of the molecule is CN1CCCN(C(=O)NC(C(=O)O)c2cnn(C)c2)CC1. The molecule has 0 aromatic carbocycles. The highest BCUT2D eigenvalue weighted by Gasteiger charge is 2.26. The van der Waals surface area contributed by atoms with Gasteiger partial charge in [-0.25, -0.2) is 9.59 Å². The van der Waals surface area contributed by atoms with Crippen LogP contribution < -0.4 is 5.32 Å². The van der Waals surface area contributed by atoms with Crippen LogP contribution in [0.5, 0.6) is 0 Å². The van der Waals surface area contributed by atoms with Gasteiger partial charge in [0.2, 0.25) is 0 Å². The summed E-state index contributed by atoms with van der Waals surface area (Å²) in [5, 5.41) is 15.8. The van der Waals surface area contributed by atoms with E-state index in [4.69, 9.17) is 0 Å². The summed E-state index contributed by atoms with van der Waals surface area (Å²) in [5.74, 6) is -1.09. The Morgan fingerprint density at radius 2 is 2.05 bits per heavy atom. The van der Waals surface area contributed by atoms with E-state index in [0.717, 1.165) is 19.5 Å². The third-order valence-corrected chi connectivity index (χ3v) is 3.58. The minimum atomic E-state index is -1.09. The van der Waals surface area contributed by atoms with Crippen molar-refractivity contribution in [3.63, 3.8) is 0 Å². The van der Waals surface area contributed by atoms with Crippen molar-refractivity contribution in [3.8, 4) is 0 Å². The molecule has 2 rings (SSSR count). The average molecular weight is 295 g/mol. The van der Waals surface area contributed by atoms with Crippen molar-refractivity contribution < 1.29 is 14.7 Å². The number of carboxylic acids is 1. The molecule has 1 atom stereocenters. The largest absolute Gasteiger partial charge is 0.479 e. The van der Waals surface area contributed by atoms with Crippen molar-refractivity contribution >= 4 is 12.0 Å². The lowest BCUT2D eigenvalue weighted by Gasteiger charge is -2.23. The van der Waals surface area contributed by atoms with Crippen LogP contribution in [0.4, 0.5) is 4.79 Å². The molecule has 0 bridgehead atoms. The number of aromatic nitrogens is 2. The van der Waals surface area contributed by atoms with Gasteiger partial charge in [0, 0.05) is 38.4 Å². The average Bonchev–Trinajstić information content (AvgIpc) is 2.72. The van der Waals surface area contributed by atoms with Gasteiger partial charge in [0.05, 0.1) is 6.20 Å². The highest BCUT2D eigenvalue weighted by Crippen LogP contribution is 2.13. The Bertz CT molecular complexity index is 516. The number of carbonyl (C=O) groups excluding carboxylic acids is 1. The van der Waals surface area contributed by atoms with Crippen molar-refractivity contribution in [1.29, 1.82) is 0 Å². The Kier molecular flexibility index (Phi) is 4.79. The van der Waals surface area contributed by atoms with Crippen LogP contribution in [0.2, 0.25) is 0 Å². The molecule has 1 aromatic heterocycles. The summed E-state index contributed by atoms with van der Waals surface area (Å²) in [5.41, 5.74) is 0.463. The van der Waals surface area contributed by atoms with Gasteiger partial charge in [-0.3, -0.25) is 4.68 Å². The second-order valence-electron chi connectivity index (χ2n) is 5.31. The fraction of sp³-hybridized carbons (Fsp3) is 0.615. The van der Waals surface area contributed by atoms with E-state index in [9.17, 15) is 14.7 Å². The quantitative estimate of drug-likeness (QED) is 0.812. The Morgan fingerprint density at radius 3 is 2.67 bits per heavy atom. The molecule has 1 fully saturated rings. The van der Waals surface area contributed by atoms with Gasteiger partial charge in [0.1, 0.15) is 0 Å². The Labute approximate surface area is 123 Å². The summed E-state index contributed by atoms with van der Waals surface area (Å²) < 4.78 is 1.51. The van der Waals surface area contributed by atoms with Gasteiger partial charge in [-0.15, -0.1) is 0 Å². The third kappa shape index (κ3) is 3.94. The molecule has 0 saturated carbocycles. The first-order valence-corrected chi connectivity index (χ1v) is 6.92. The number of carboxylic acid groups (broad SMARTS) is 1. The highest BCUT2D eigenvalue weighted by molar-refractivity contribution is 5.83. The molecule has 2 N–H and O–H groups in total.